The van der Waals surface area contributed by atoms with Gasteiger partial charge in [-0.15, -0.1) is 0 Å². The van der Waals surface area contributed by atoms with Crippen molar-refractivity contribution >= 4 is 11.0 Å². The average molecular weight is 404 g/mol. The van der Waals surface area contributed by atoms with Crippen molar-refractivity contribution in [3.8, 4) is 28.2 Å². The minimum atomic E-state index is 1.21. The maximum Gasteiger partial charge on any atom is 0.295 e. The summed E-state index contributed by atoms with van der Waals surface area (Å²) in [6.07, 6.45) is 0. The summed E-state index contributed by atoms with van der Waals surface area (Å²) in [6.45, 7) is 6.64. The largest absolute Gasteiger partial charge is 0.295 e. The van der Waals surface area contributed by atoms with Gasteiger partial charge in [-0.3, -0.25) is 0 Å². The molecule has 2 nitrogen and oxygen atoms in total. The monoisotopic (exact) mass is 403 g/mol. The van der Waals surface area contributed by atoms with Crippen molar-refractivity contribution in [2.45, 2.75) is 20.8 Å². The molecule has 0 unspecified atom stereocenters. The smallest absolute Gasteiger partial charge is 0.225 e. The number of aryl methyl sites for hydroxylation is 4. The van der Waals surface area contributed by atoms with Crippen molar-refractivity contribution in [1.29, 1.82) is 0 Å². The molecule has 0 saturated carbocycles. The van der Waals surface area contributed by atoms with Crippen LogP contribution in [0.3, 0.4) is 0 Å². The van der Waals surface area contributed by atoms with Gasteiger partial charge in [-0.05, 0) is 78.9 Å². The Hall–Kier alpha value is -3.65. The average Bonchev–Trinajstić information content (AvgIpc) is 3.07. The predicted octanol–water partition coefficient (Wildman–Crippen LogP) is 6.71. The molecule has 5 aromatic rings. The maximum atomic E-state index is 2.44. The van der Waals surface area contributed by atoms with Crippen molar-refractivity contribution in [2.24, 2.45) is 7.05 Å². The minimum absolute atomic E-state index is 1.21. The van der Waals surface area contributed by atoms with Crippen molar-refractivity contribution in [3.63, 3.8) is 0 Å². The Balaban J connectivity index is 1.84. The molecule has 0 fully saturated rings. The fourth-order valence-corrected chi connectivity index (χ4v) is 4.77. The lowest BCUT2D eigenvalue weighted by Crippen LogP contribution is -2.30. The van der Waals surface area contributed by atoms with Gasteiger partial charge in [-0.1, -0.05) is 60.7 Å². The van der Waals surface area contributed by atoms with Crippen LogP contribution in [-0.4, -0.2) is 4.57 Å². The summed E-state index contributed by atoms with van der Waals surface area (Å²) >= 11 is 0. The van der Waals surface area contributed by atoms with E-state index in [1.54, 1.807) is 0 Å². The van der Waals surface area contributed by atoms with Gasteiger partial charge in [-0.25, -0.2) is 4.57 Å². The Morgan fingerprint density at radius 2 is 1.23 bits per heavy atom. The minimum Gasteiger partial charge on any atom is -0.225 e. The zero-order valence-electron chi connectivity index (χ0n) is 18.6. The molecule has 5 rings (SSSR count). The molecular formula is C29H27N2+. The number of rotatable bonds is 3. The summed E-state index contributed by atoms with van der Waals surface area (Å²) in [7, 11) is 2.17. The van der Waals surface area contributed by atoms with E-state index in [2.05, 4.69) is 128 Å². The summed E-state index contributed by atoms with van der Waals surface area (Å²) < 4.78 is 4.76. The molecule has 1 heterocycles. The van der Waals surface area contributed by atoms with Crippen LogP contribution in [0.2, 0.25) is 0 Å². The number of fused-ring (bicyclic) bond motifs is 1. The lowest BCUT2D eigenvalue weighted by Gasteiger charge is -2.13. The first-order valence-corrected chi connectivity index (χ1v) is 10.8. The van der Waals surface area contributed by atoms with Crippen LogP contribution in [0.15, 0.2) is 91.0 Å². The van der Waals surface area contributed by atoms with Crippen LogP contribution in [0, 0.1) is 20.8 Å². The van der Waals surface area contributed by atoms with Crippen molar-refractivity contribution in [2.75, 3.05) is 0 Å². The highest BCUT2D eigenvalue weighted by atomic mass is 15.2. The van der Waals surface area contributed by atoms with Crippen LogP contribution in [0.1, 0.15) is 16.7 Å². The van der Waals surface area contributed by atoms with Gasteiger partial charge in [0.2, 0.25) is 0 Å². The van der Waals surface area contributed by atoms with Crippen molar-refractivity contribution < 1.29 is 4.57 Å². The SMILES string of the molecule is Cc1ccccc1-c1n(-c2c(C)cc(-c3ccccc3)cc2C)c2ccccc2[n+]1C. The van der Waals surface area contributed by atoms with Gasteiger partial charge in [-0.2, -0.15) is 4.57 Å². The molecule has 2 heteroatoms. The molecule has 1 aromatic heterocycles. The first-order chi connectivity index (χ1) is 15.1. The van der Waals surface area contributed by atoms with E-state index >= 15 is 0 Å². The normalized spacial score (nSPS) is 11.2. The number of aromatic nitrogens is 2. The Kier molecular flexibility index (Phi) is 4.71. The second kappa shape index (κ2) is 7.55. The van der Waals surface area contributed by atoms with Gasteiger partial charge < -0.3 is 0 Å². The Labute approximate surface area is 184 Å². The standard InChI is InChI=1S/C29H27N2/c1-20-12-8-9-15-25(20)29-30(4)26-16-10-11-17-27(26)31(29)28-21(2)18-24(19-22(28)3)23-13-6-5-7-14-23/h5-19H,1-4H3/q+1. The summed E-state index contributed by atoms with van der Waals surface area (Å²) in [5.41, 5.74) is 11.3. The number of nitrogens with zero attached hydrogens (tertiary/aromatic N) is 2. The van der Waals surface area contributed by atoms with Gasteiger partial charge in [0, 0.05) is 0 Å². The highest BCUT2D eigenvalue weighted by Gasteiger charge is 2.28. The number of imidazole rings is 1. The molecule has 0 amide bonds. The lowest BCUT2D eigenvalue weighted by atomic mass is 9.98. The van der Waals surface area contributed by atoms with Crippen LogP contribution in [0.25, 0.3) is 39.2 Å². The Morgan fingerprint density at radius 3 is 1.94 bits per heavy atom. The van der Waals surface area contributed by atoms with E-state index < -0.39 is 0 Å². The second-order valence-electron chi connectivity index (χ2n) is 8.35. The van der Waals surface area contributed by atoms with Crippen molar-refractivity contribution in [1.82, 2.24) is 4.57 Å². The van der Waals surface area contributed by atoms with Gasteiger partial charge >= 0.3 is 0 Å². The third kappa shape index (κ3) is 3.16. The molecule has 0 atom stereocenters. The zero-order valence-corrected chi connectivity index (χ0v) is 18.6. The topological polar surface area (TPSA) is 8.81 Å². The van der Waals surface area contributed by atoms with Crippen LogP contribution >= 0.6 is 0 Å². The van der Waals surface area contributed by atoms with E-state index in [0.29, 0.717) is 0 Å². The van der Waals surface area contributed by atoms with Crippen LogP contribution in [0.4, 0.5) is 0 Å². The first kappa shape index (κ1) is 19.3. The van der Waals surface area contributed by atoms with E-state index in [-0.39, 0.29) is 0 Å². The molecule has 0 aliphatic rings. The van der Waals surface area contributed by atoms with Crippen LogP contribution in [-0.2, 0) is 7.05 Å². The van der Waals surface area contributed by atoms with Crippen LogP contribution in [0.5, 0.6) is 0 Å². The zero-order chi connectivity index (χ0) is 21.5. The highest BCUT2D eigenvalue weighted by Crippen LogP contribution is 2.34. The van der Waals surface area contributed by atoms with E-state index in [0.717, 1.165) is 0 Å². The van der Waals surface area contributed by atoms with E-state index in [4.69, 9.17) is 0 Å². The maximum absolute atomic E-state index is 2.44. The van der Waals surface area contributed by atoms with Gasteiger partial charge in [0.15, 0.2) is 11.0 Å². The first-order valence-electron chi connectivity index (χ1n) is 10.8. The summed E-state index contributed by atoms with van der Waals surface area (Å²) in [6, 6.07) is 32.6. The molecular weight excluding hydrogens is 376 g/mol. The highest BCUT2D eigenvalue weighted by molar-refractivity contribution is 5.81. The molecule has 0 spiro atoms. The molecule has 0 N–H and O–H groups in total. The molecule has 0 bridgehead atoms. The quantitative estimate of drug-likeness (QED) is 0.296. The van der Waals surface area contributed by atoms with Gasteiger partial charge in [0.1, 0.15) is 5.69 Å². The third-order valence-corrected chi connectivity index (χ3v) is 6.22. The third-order valence-electron chi connectivity index (χ3n) is 6.22. The van der Waals surface area contributed by atoms with E-state index in [1.165, 1.54) is 55.9 Å². The molecule has 0 radical (unpaired) electrons. The fraction of sp³-hybridized carbons (Fsp3) is 0.138. The summed E-state index contributed by atoms with van der Waals surface area (Å²) in [5.74, 6) is 1.21. The number of hydrogen-bond acceptors (Lipinski definition) is 0. The fourth-order valence-electron chi connectivity index (χ4n) is 4.77. The predicted molar refractivity (Wildman–Crippen MR) is 130 cm³/mol. The van der Waals surface area contributed by atoms with E-state index in [1.807, 2.05) is 0 Å². The summed E-state index contributed by atoms with van der Waals surface area (Å²) in [4.78, 5) is 0. The second-order valence-corrected chi connectivity index (χ2v) is 8.35. The molecule has 0 aliphatic heterocycles. The molecule has 4 aromatic carbocycles. The lowest BCUT2D eigenvalue weighted by molar-refractivity contribution is -0.633. The van der Waals surface area contributed by atoms with E-state index in [9.17, 15) is 0 Å². The Morgan fingerprint density at radius 1 is 0.613 bits per heavy atom. The molecule has 0 aliphatic carbocycles. The number of benzene rings is 4. The molecule has 31 heavy (non-hydrogen) atoms. The van der Waals surface area contributed by atoms with Gasteiger partial charge in [0.25, 0.3) is 5.82 Å². The van der Waals surface area contributed by atoms with Crippen molar-refractivity contribution in [3.05, 3.63) is 108 Å². The van der Waals surface area contributed by atoms with Gasteiger partial charge in [0.05, 0.1) is 12.6 Å². The van der Waals surface area contributed by atoms with Crippen LogP contribution < -0.4 is 4.57 Å². The summed E-state index contributed by atoms with van der Waals surface area (Å²) in [5, 5.41) is 0. The number of hydrogen-bond donors (Lipinski definition) is 0. The molecule has 152 valence electrons. The molecule has 0 saturated heterocycles. The Bertz CT molecular complexity index is 1380. The number of para-hydroxylation sites is 2.